The third kappa shape index (κ3) is 4.09. The maximum atomic E-state index is 12.3. The molecule has 2 amide bonds. The fourth-order valence-corrected chi connectivity index (χ4v) is 3.66. The summed E-state index contributed by atoms with van der Waals surface area (Å²) in [5.41, 5.74) is 5.52. The molecule has 0 aromatic heterocycles. The Kier molecular flexibility index (Phi) is 5.06. The van der Waals surface area contributed by atoms with E-state index in [9.17, 15) is 18.0 Å². The predicted octanol–water partition coefficient (Wildman–Crippen LogP) is 1.43. The number of hydrazine groups is 1. The lowest BCUT2D eigenvalue weighted by Gasteiger charge is -2.10. The average Bonchev–Trinajstić information content (AvgIpc) is 3.09. The van der Waals surface area contributed by atoms with Crippen molar-refractivity contribution < 1.29 is 18.0 Å². The number of carbonyl (C=O) groups excluding carboxylic acids is 2. The van der Waals surface area contributed by atoms with Gasteiger partial charge < -0.3 is 5.32 Å². The maximum Gasteiger partial charge on any atom is 0.324 e. The minimum absolute atomic E-state index is 0.0531. The van der Waals surface area contributed by atoms with Gasteiger partial charge in [-0.05, 0) is 61.6 Å². The quantitative estimate of drug-likeness (QED) is 0.557. The largest absolute Gasteiger partial charge is 0.324 e. The van der Waals surface area contributed by atoms with Crippen LogP contribution in [-0.2, 0) is 32.5 Å². The monoisotopic (exact) mass is 373 g/mol. The van der Waals surface area contributed by atoms with E-state index in [1.807, 2.05) is 17.2 Å². The van der Waals surface area contributed by atoms with Crippen molar-refractivity contribution in [1.29, 1.82) is 0 Å². The Hall–Kier alpha value is -2.71. The summed E-state index contributed by atoms with van der Waals surface area (Å²) in [6.07, 6.45) is 2.78. The molecule has 0 spiro atoms. The van der Waals surface area contributed by atoms with E-state index < -0.39 is 21.8 Å². The highest BCUT2D eigenvalue weighted by Crippen LogP contribution is 2.24. The zero-order valence-corrected chi connectivity index (χ0v) is 15.0. The zero-order valence-electron chi connectivity index (χ0n) is 14.2. The molecule has 0 radical (unpaired) electrons. The lowest BCUT2D eigenvalue weighted by atomic mass is 10.1. The average molecular weight is 373 g/mol. The molecule has 8 heteroatoms. The topological polar surface area (TPSA) is 104 Å². The van der Waals surface area contributed by atoms with Gasteiger partial charge in [0, 0.05) is 5.69 Å². The van der Waals surface area contributed by atoms with Crippen LogP contribution in [0.5, 0.6) is 0 Å². The molecule has 0 unspecified atom stereocenters. The van der Waals surface area contributed by atoms with Gasteiger partial charge in [-0.15, -0.1) is 4.83 Å². The third-order valence-corrected chi connectivity index (χ3v) is 5.44. The first-order valence-electron chi connectivity index (χ1n) is 8.17. The number of rotatable bonds is 4. The van der Waals surface area contributed by atoms with Crippen molar-refractivity contribution in [3.8, 4) is 0 Å². The van der Waals surface area contributed by atoms with Crippen LogP contribution in [0.2, 0.25) is 0 Å². The maximum absolute atomic E-state index is 12.3. The first-order valence-corrected chi connectivity index (χ1v) is 9.65. The van der Waals surface area contributed by atoms with Gasteiger partial charge in [-0.1, -0.05) is 23.8 Å². The highest BCUT2D eigenvalue weighted by atomic mass is 32.2. The van der Waals surface area contributed by atoms with Crippen LogP contribution in [0.15, 0.2) is 47.4 Å². The summed E-state index contributed by atoms with van der Waals surface area (Å²) in [5.74, 6) is -2.07. The zero-order chi connectivity index (χ0) is 18.7. The van der Waals surface area contributed by atoms with Crippen molar-refractivity contribution in [3.63, 3.8) is 0 Å². The van der Waals surface area contributed by atoms with E-state index in [-0.39, 0.29) is 4.90 Å². The van der Waals surface area contributed by atoms with Crippen molar-refractivity contribution >= 4 is 27.5 Å². The smallest absolute Gasteiger partial charge is 0.318 e. The number of sulfonamides is 1. The number of aryl methyl sites for hydroxylation is 3. The molecule has 0 aliphatic heterocycles. The molecule has 0 atom stereocenters. The molecule has 3 rings (SSSR count). The highest BCUT2D eigenvalue weighted by Gasteiger charge is 2.21. The molecule has 3 N–H and O–H groups in total. The second kappa shape index (κ2) is 7.27. The molecule has 1 aliphatic rings. The number of fused-ring (bicyclic) bond motifs is 1. The number of amides is 2. The van der Waals surface area contributed by atoms with Gasteiger partial charge in [-0.2, -0.15) is 0 Å². The summed E-state index contributed by atoms with van der Waals surface area (Å²) in [4.78, 5) is 25.7. The Morgan fingerprint density at radius 1 is 0.923 bits per heavy atom. The normalized spacial score (nSPS) is 13.1. The van der Waals surface area contributed by atoms with Gasteiger partial charge in [0.05, 0.1) is 4.90 Å². The Morgan fingerprint density at radius 3 is 2.35 bits per heavy atom. The second-order valence-electron chi connectivity index (χ2n) is 6.16. The lowest BCUT2D eigenvalue weighted by Crippen LogP contribution is -2.46. The van der Waals surface area contributed by atoms with Crippen LogP contribution in [0, 0.1) is 6.92 Å². The number of nitrogens with one attached hydrogen (secondary N) is 3. The van der Waals surface area contributed by atoms with Crippen molar-refractivity contribution in [3.05, 3.63) is 59.2 Å². The molecule has 7 nitrogen and oxygen atoms in total. The number of carbonyl (C=O) groups is 2. The summed E-state index contributed by atoms with van der Waals surface area (Å²) in [7, 11) is -3.95. The number of anilines is 1. The SMILES string of the molecule is Cc1ccc(NC(=O)C(=O)NNS(=O)(=O)c2ccc3c(c2)CCC3)cc1. The first kappa shape index (κ1) is 18.1. The van der Waals surface area contributed by atoms with E-state index in [0.717, 1.165) is 36.0 Å². The van der Waals surface area contributed by atoms with Crippen LogP contribution in [0.25, 0.3) is 0 Å². The van der Waals surface area contributed by atoms with Gasteiger partial charge in [0.2, 0.25) is 0 Å². The molecule has 2 aromatic carbocycles. The number of benzene rings is 2. The Bertz CT molecular complexity index is 953. The Labute approximate surface area is 151 Å². The number of hydrogen-bond donors (Lipinski definition) is 3. The van der Waals surface area contributed by atoms with Gasteiger partial charge in [-0.3, -0.25) is 15.0 Å². The van der Waals surface area contributed by atoms with E-state index in [1.54, 1.807) is 36.4 Å². The van der Waals surface area contributed by atoms with Crippen LogP contribution in [-0.4, -0.2) is 20.2 Å². The Balaban J connectivity index is 1.61. The Morgan fingerprint density at radius 2 is 1.62 bits per heavy atom. The van der Waals surface area contributed by atoms with Gasteiger partial charge in [0.25, 0.3) is 10.0 Å². The van der Waals surface area contributed by atoms with Crippen LogP contribution >= 0.6 is 0 Å². The minimum Gasteiger partial charge on any atom is -0.318 e. The molecular formula is C18H19N3O4S. The molecule has 1 aliphatic carbocycles. The van der Waals surface area contributed by atoms with E-state index in [4.69, 9.17) is 0 Å². The molecule has 0 bridgehead atoms. The lowest BCUT2D eigenvalue weighted by molar-refractivity contribution is -0.136. The molecule has 0 saturated carbocycles. The van der Waals surface area contributed by atoms with Crippen LogP contribution < -0.4 is 15.6 Å². The standard InChI is InChI=1S/C18H19N3O4S/c1-12-5-8-15(9-6-12)19-17(22)18(23)20-21-26(24,25)16-10-7-13-3-2-4-14(13)11-16/h5-11,21H,2-4H2,1H3,(H,19,22)(H,20,23). The van der Waals surface area contributed by atoms with E-state index in [2.05, 4.69) is 5.32 Å². The highest BCUT2D eigenvalue weighted by molar-refractivity contribution is 7.89. The van der Waals surface area contributed by atoms with Gasteiger partial charge >= 0.3 is 11.8 Å². The molecule has 0 saturated heterocycles. The molecule has 2 aromatic rings. The van der Waals surface area contributed by atoms with E-state index in [1.165, 1.54) is 6.07 Å². The van der Waals surface area contributed by atoms with Crippen LogP contribution in [0.1, 0.15) is 23.1 Å². The first-order chi connectivity index (χ1) is 12.3. The summed E-state index contributed by atoms with van der Waals surface area (Å²) in [6.45, 7) is 1.89. The van der Waals surface area contributed by atoms with Gasteiger partial charge in [0.1, 0.15) is 0 Å². The van der Waals surface area contributed by atoms with Crippen molar-refractivity contribution in [2.45, 2.75) is 31.1 Å². The van der Waals surface area contributed by atoms with E-state index >= 15 is 0 Å². The van der Waals surface area contributed by atoms with Gasteiger partial charge in [-0.25, -0.2) is 8.42 Å². The summed E-state index contributed by atoms with van der Waals surface area (Å²) in [5, 5.41) is 2.39. The summed E-state index contributed by atoms with van der Waals surface area (Å²) >= 11 is 0. The summed E-state index contributed by atoms with van der Waals surface area (Å²) < 4.78 is 24.6. The van der Waals surface area contributed by atoms with Crippen molar-refractivity contribution in [2.24, 2.45) is 0 Å². The van der Waals surface area contributed by atoms with Crippen LogP contribution in [0.4, 0.5) is 5.69 Å². The van der Waals surface area contributed by atoms with Crippen molar-refractivity contribution in [1.82, 2.24) is 10.3 Å². The predicted molar refractivity (Wildman–Crippen MR) is 96.7 cm³/mol. The minimum atomic E-state index is -3.95. The molecular weight excluding hydrogens is 354 g/mol. The molecule has 26 heavy (non-hydrogen) atoms. The molecule has 136 valence electrons. The van der Waals surface area contributed by atoms with Crippen molar-refractivity contribution in [2.75, 3.05) is 5.32 Å². The van der Waals surface area contributed by atoms with Gasteiger partial charge in [0.15, 0.2) is 0 Å². The fraction of sp³-hybridized carbons (Fsp3) is 0.222. The van der Waals surface area contributed by atoms with E-state index in [0.29, 0.717) is 5.69 Å². The molecule has 0 heterocycles. The number of hydrogen-bond acceptors (Lipinski definition) is 4. The third-order valence-electron chi connectivity index (χ3n) is 4.19. The fourth-order valence-electron chi connectivity index (χ4n) is 2.77. The molecule has 0 fully saturated rings. The second-order valence-corrected chi connectivity index (χ2v) is 7.85. The summed E-state index contributed by atoms with van der Waals surface area (Å²) in [6, 6.07) is 11.7. The van der Waals surface area contributed by atoms with Crippen LogP contribution in [0.3, 0.4) is 0 Å².